The molecule has 3 N–H and O–H groups in total. The van der Waals surface area contributed by atoms with Gasteiger partial charge in [0.15, 0.2) is 0 Å². The second-order valence-electron chi connectivity index (χ2n) is 3.12. The Hall–Kier alpha value is -0.420. The van der Waals surface area contributed by atoms with Gasteiger partial charge in [-0.25, -0.2) is 0 Å². The molecule has 0 saturated carbocycles. The summed E-state index contributed by atoms with van der Waals surface area (Å²) in [5, 5.41) is 3.99. The first-order valence-electron chi connectivity index (χ1n) is 4.47. The predicted octanol–water partition coefficient (Wildman–Crippen LogP) is 3.41. The molecular weight excluding hydrogens is 322 g/mol. The lowest BCUT2D eigenvalue weighted by atomic mass is 10.3. The molecule has 0 heterocycles. The number of rotatable bonds is 5. The third kappa shape index (κ3) is 9.87. The minimum absolute atomic E-state index is 0.569. The molecule has 0 saturated heterocycles. The van der Waals surface area contributed by atoms with Crippen molar-refractivity contribution in [1.29, 1.82) is 0 Å². The van der Waals surface area contributed by atoms with Crippen molar-refractivity contribution in [3.8, 4) is 0 Å². The van der Waals surface area contributed by atoms with Crippen LogP contribution in [0.1, 0.15) is 13.8 Å². The van der Waals surface area contributed by atoms with Gasteiger partial charge < -0.3 is 11.1 Å². The standard InChI is InChI=1S/C11H16ClIN2/c1-8(12)4-5-10(3)15-7-11(13)6-9(2)14/h4-6,15H,2,7,14H2,1,3H3/b8-4+,10-5+,11-6+. The van der Waals surface area contributed by atoms with Gasteiger partial charge in [-0.2, -0.15) is 0 Å². The molecule has 0 bridgehead atoms. The first-order chi connectivity index (χ1) is 6.91. The average Bonchev–Trinajstić information content (AvgIpc) is 2.10. The highest BCUT2D eigenvalue weighted by Gasteiger charge is 1.92. The van der Waals surface area contributed by atoms with Gasteiger partial charge in [-0.15, -0.1) is 0 Å². The monoisotopic (exact) mass is 338 g/mol. The Morgan fingerprint density at radius 2 is 2.07 bits per heavy atom. The number of halogens is 2. The molecule has 0 aromatic rings. The number of allylic oxidation sites excluding steroid dienone is 5. The van der Waals surface area contributed by atoms with Crippen LogP contribution in [0.15, 0.2) is 44.8 Å². The van der Waals surface area contributed by atoms with Crippen LogP contribution in [-0.2, 0) is 0 Å². The van der Waals surface area contributed by atoms with Gasteiger partial charge in [0, 0.05) is 26.6 Å². The maximum atomic E-state index is 5.70. The van der Waals surface area contributed by atoms with Crippen LogP contribution < -0.4 is 11.1 Å². The van der Waals surface area contributed by atoms with Gasteiger partial charge in [0.25, 0.3) is 0 Å². The molecule has 0 aliphatic rings. The van der Waals surface area contributed by atoms with Gasteiger partial charge in [-0.1, -0.05) is 18.2 Å². The highest BCUT2D eigenvalue weighted by molar-refractivity contribution is 14.1. The van der Waals surface area contributed by atoms with E-state index < -0.39 is 0 Å². The van der Waals surface area contributed by atoms with E-state index in [1.807, 2.05) is 32.1 Å². The van der Waals surface area contributed by atoms with Gasteiger partial charge in [0.05, 0.1) is 0 Å². The lowest BCUT2D eigenvalue weighted by molar-refractivity contribution is 0.900. The maximum Gasteiger partial charge on any atom is 0.0456 e. The SMILES string of the molecule is C=C(N)/C=C(/I)CN/C(C)=C/C=C(\C)Cl. The van der Waals surface area contributed by atoms with E-state index in [0.717, 1.165) is 20.9 Å². The Bertz CT molecular complexity index is 313. The summed E-state index contributed by atoms with van der Waals surface area (Å²) in [6.45, 7) is 8.18. The third-order valence-electron chi connectivity index (χ3n) is 1.44. The second kappa shape index (κ2) is 7.82. The van der Waals surface area contributed by atoms with E-state index in [9.17, 15) is 0 Å². The molecule has 0 spiro atoms. The van der Waals surface area contributed by atoms with Gasteiger partial charge in [0.1, 0.15) is 0 Å². The molecule has 2 nitrogen and oxygen atoms in total. The Kier molecular flexibility index (Phi) is 7.60. The Morgan fingerprint density at radius 1 is 1.47 bits per heavy atom. The molecule has 0 atom stereocenters. The van der Waals surface area contributed by atoms with Crippen LogP contribution in [0.5, 0.6) is 0 Å². The highest BCUT2D eigenvalue weighted by Crippen LogP contribution is 2.06. The number of nitrogens with two attached hydrogens (primary N) is 1. The zero-order chi connectivity index (χ0) is 11.8. The molecule has 4 heteroatoms. The third-order valence-corrected chi connectivity index (χ3v) is 2.26. The largest absolute Gasteiger partial charge is 0.399 e. The summed E-state index contributed by atoms with van der Waals surface area (Å²) < 4.78 is 1.11. The minimum Gasteiger partial charge on any atom is -0.399 e. The molecule has 15 heavy (non-hydrogen) atoms. The van der Waals surface area contributed by atoms with E-state index in [0.29, 0.717) is 5.70 Å². The fraction of sp³-hybridized carbons (Fsp3) is 0.273. The molecule has 84 valence electrons. The first kappa shape index (κ1) is 14.6. The van der Waals surface area contributed by atoms with Crippen LogP contribution in [0.3, 0.4) is 0 Å². The van der Waals surface area contributed by atoms with Crippen molar-refractivity contribution in [2.45, 2.75) is 13.8 Å². The topological polar surface area (TPSA) is 38.0 Å². The zero-order valence-electron chi connectivity index (χ0n) is 8.98. The summed E-state index contributed by atoms with van der Waals surface area (Å²) in [7, 11) is 0. The van der Waals surface area contributed by atoms with Crippen molar-refractivity contribution >= 4 is 34.2 Å². The number of hydrogen-bond donors (Lipinski definition) is 2. The highest BCUT2D eigenvalue weighted by atomic mass is 127. The molecule has 0 rings (SSSR count). The molecule has 0 aliphatic carbocycles. The van der Waals surface area contributed by atoms with Crippen LogP contribution in [0.25, 0.3) is 0 Å². The van der Waals surface area contributed by atoms with E-state index in [4.69, 9.17) is 17.3 Å². The summed E-state index contributed by atoms with van der Waals surface area (Å²) in [5.74, 6) is 0. The summed E-state index contributed by atoms with van der Waals surface area (Å²) in [6.07, 6.45) is 5.62. The van der Waals surface area contributed by atoms with E-state index in [1.54, 1.807) is 0 Å². The first-order valence-corrected chi connectivity index (χ1v) is 5.92. The Morgan fingerprint density at radius 3 is 2.53 bits per heavy atom. The van der Waals surface area contributed by atoms with Gasteiger partial charge in [-0.05, 0) is 54.7 Å². The van der Waals surface area contributed by atoms with Crippen molar-refractivity contribution in [2.75, 3.05) is 6.54 Å². The fourth-order valence-corrected chi connectivity index (χ4v) is 1.43. The van der Waals surface area contributed by atoms with Crippen LogP contribution in [0.2, 0.25) is 0 Å². The Labute approximate surface area is 110 Å². The van der Waals surface area contributed by atoms with Gasteiger partial charge in [0.2, 0.25) is 0 Å². The number of nitrogens with one attached hydrogen (secondary N) is 1. The summed E-state index contributed by atoms with van der Waals surface area (Å²) >= 11 is 7.92. The van der Waals surface area contributed by atoms with E-state index in [-0.39, 0.29) is 0 Å². The fourth-order valence-electron chi connectivity index (χ4n) is 0.775. The van der Waals surface area contributed by atoms with Crippen LogP contribution >= 0.6 is 34.2 Å². The second-order valence-corrected chi connectivity index (χ2v) is 5.10. The molecule has 0 radical (unpaired) electrons. The summed E-state index contributed by atoms with van der Waals surface area (Å²) in [5.41, 5.74) is 7.08. The summed E-state index contributed by atoms with van der Waals surface area (Å²) in [4.78, 5) is 0. The molecule has 0 aliphatic heterocycles. The lowest BCUT2D eigenvalue weighted by Crippen LogP contribution is -2.12. The van der Waals surface area contributed by atoms with Crippen molar-refractivity contribution in [1.82, 2.24) is 5.32 Å². The molecular formula is C11H16ClIN2. The molecule has 0 aromatic carbocycles. The maximum absolute atomic E-state index is 5.70. The smallest absolute Gasteiger partial charge is 0.0456 e. The van der Waals surface area contributed by atoms with Crippen molar-refractivity contribution < 1.29 is 0 Å². The zero-order valence-corrected chi connectivity index (χ0v) is 11.9. The van der Waals surface area contributed by atoms with Crippen molar-refractivity contribution in [3.63, 3.8) is 0 Å². The Balaban J connectivity index is 4.12. The quantitative estimate of drug-likeness (QED) is 0.595. The molecule has 0 amide bonds. The average molecular weight is 339 g/mol. The predicted molar refractivity (Wildman–Crippen MR) is 76.8 cm³/mol. The number of hydrogen-bond acceptors (Lipinski definition) is 2. The van der Waals surface area contributed by atoms with E-state index >= 15 is 0 Å². The molecule has 0 unspecified atom stereocenters. The minimum atomic E-state index is 0.569. The van der Waals surface area contributed by atoms with Crippen LogP contribution in [-0.4, -0.2) is 6.54 Å². The van der Waals surface area contributed by atoms with Crippen LogP contribution in [0, 0.1) is 0 Å². The van der Waals surface area contributed by atoms with Gasteiger partial charge >= 0.3 is 0 Å². The van der Waals surface area contributed by atoms with E-state index in [1.165, 1.54) is 0 Å². The normalized spacial score (nSPS) is 14.0. The van der Waals surface area contributed by atoms with Crippen molar-refractivity contribution in [2.24, 2.45) is 5.73 Å². The lowest BCUT2D eigenvalue weighted by Gasteiger charge is -2.05. The summed E-state index contributed by atoms with van der Waals surface area (Å²) in [6, 6.07) is 0. The van der Waals surface area contributed by atoms with E-state index in [2.05, 4.69) is 34.5 Å². The molecule has 0 aromatic heterocycles. The van der Waals surface area contributed by atoms with Crippen molar-refractivity contribution in [3.05, 3.63) is 44.8 Å². The molecule has 0 fully saturated rings. The van der Waals surface area contributed by atoms with Crippen LogP contribution in [0.4, 0.5) is 0 Å². The van der Waals surface area contributed by atoms with Gasteiger partial charge in [-0.3, -0.25) is 0 Å².